The van der Waals surface area contributed by atoms with Crippen LogP contribution in [0, 0.1) is 0 Å². The summed E-state index contributed by atoms with van der Waals surface area (Å²) in [7, 11) is 0. The lowest BCUT2D eigenvalue weighted by atomic mass is 10.2. The van der Waals surface area contributed by atoms with Crippen LogP contribution in [0.25, 0.3) is 10.9 Å². The monoisotopic (exact) mass is 274 g/mol. The molecule has 0 aliphatic heterocycles. The fourth-order valence-corrected chi connectivity index (χ4v) is 2.36. The summed E-state index contributed by atoms with van der Waals surface area (Å²) in [5.74, 6) is -1.07. The van der Waals surface area contributed by atoms with Crippen molar-refractivity contribution >= 4 is 22.8 Å². The molecule has 2 N–H and O–H groups in total. The van der Waals surface area contributed by atoms with Gasteiger partial charge in [-0.15, -0.1) is 0 Å². The van der Waals surface area contributed by atoms with E-state index in [-0.39, 0.29) is 18.4 Å². The van der Waals surface area contributed by atoms with Crippen LogP contribution in [0.15, 0.2) is 30.3 Å². The predicted molar refractivity (Wildman–Crippen MR) is 76.7 cm³/mol. The van der Waals surface area contributed by atoms with Crippen molar-refractivity contribution in [2.24, 2.45) is 0 Å². The highest BCUT2D eigenvalue weighted by Gasteiger charge is 2.23. The van der Waals surface area contributed by atoms with E-state index in [0.29, 0.717) is 12.2 Å². The predicted octanol–water partition coefficient (Wildman–Crippen LogP) is 2.49. The minimum Gasteiger partial charge on any atom is -0.481 e. The zero-order chi connectivity index (χ0) is 14.7. The van der Waals surface area contributed by atoms with Gasteiger partial charge in [0.1, 0.15) is 5.69 Å². The second kappa shape index (κ2) is 5.77. The number of aliphatic carboxylic acids is 1. The third kappa shape index (κ3) is 2.82. The van der Waals surface area contributed by atoms with Gasteiger partial charge in [0, 0.05) is 23.5 Å². The Morgan fingerprint density at radius 1 is 1.35 bits per heavy atom. The fraction of sp³-hybridized carbons (Fsp3) is 0.333. The van der Waals surface area contributed by atoms with Gasteiger partial charge < -0.3 is 15.0 Å². The van der Waals surface area contributed by atoms with Crippen molar-refractivity contribution in [3.05, 3.63) is 36.0 Å². The molecule has 2 rings (SSSR count). The summed E-state index contributed by atoms with van der Waals surface area (Å²) in [6, 6.07) is 9.11. The minimum atomic E-state index is -0.902. The summed E-state index contributed by atoms with van der Waals surface area (Å²) in [6.45, 7) is 4.07. The number of carboxylic acid groups (broad SMARTS) is 1. The Morgan fingerprint density at radius 2 is 2.05 bits per heavy atom. The van der Waals surface area contributed by atoms with Crippen LogP contribution in [-0.4, -0.2) is 39.5 Å². The topological polar surface area (TPSA) is 73.4 Å². The number of carbonyl (C=O) groups is 2. The number of carbonyl (C=O) groups excluding carboxylic acids is 1. The van der Waals surface area contributed by atoms with Crippen molar-refractivity contribution in [2.75, 3.05) is 6.54 Å². The lowest BCUT2D eigenvalue weighted by Crippen LogP contribution is -2.39. The molecule has 5 nitrogen and oxygen atoms in total. The van der Waals surface area contributed by atoms with Crippen LogP contribution in [0.3, 0.4) is 0 Å². The molecule has 5 heteroatoms. The van der Waals surface area contributed by atoms with Crippen LogP contribution in [-0.2, 0) is 4.79 Å². The molecule has 0 aliphatic rings. The van der Waals surface area contributed by atoms with E-state index in [1.807, 2.05) is 31.2 Å². The Morgan fingerprint density at radius 3 is 2.65 bits per heavy atom. The van der Waals surface area contributed by atoms with Gasteiger partial charge in [-0.2, -0.15) is 0 Å². The van der Waals surface area contributed by atoms with E-state index in [1.54, 1.807) is 17.9 Å². The Labute approximate surface area is 117 Å². The number of rotatable bonds is 5. The standard InChI is InChI=1S/C15H18N2O3/c1-3-17(10(2)8-14(18)19)15(20)13-9-11-6-4-5-7-12(11)16-13/h4-7,9-10,16H,3,8H2,1-2H3,(H,18,19). The Kier molecular flexibility index (Phi) is 4.08. The average molecular weight is 274 g/mol. The molecular weight excluding hydrogens is 256 g/mol. The van der Waals surface area contributed by atoms with Gasteiger partial charge in [0.15, 0.2) is 0 Å². The van der Waals surface area contributed by atoms with E-state index in [9.17, 15) is 9.59 Å². The van der Waals surface area contributed by atoms with Crippen LogP contribution < -0.4 is 0 Å². The number of hydrogen-bond acceptors (Lipinski definition) is 2. The molecule has 1 amide bonds. The number of nitrogens with zero attached hydrogens (tertiary/aromatic N) is 1. The first-order valence-electron chi connectivity index (χ1n) is 6.63. The number of benzene rings is 1. The van der Waals surface area contributed by atoms with Crippen LogP contribution in [0.4, 0.5) is 0 Å². The number of nitrogens with one attached hydrogen (secondary N) is 1. The zero-order valence-corrected chi connectivity index (χ0v) is 11.6. The molecule has 1 heterocycles. The number of hydrogen-bond donors (Lipinski definition) is 2. The number of para-hydroxylation sites is 1. The second-order valence-electron chi connectivity index (χ2n) is 4.81. The van der Waals surface area contributed by atoms with Crippen molar-refractivity contribution in [1.82, 2.24) is 9.88 Å². The Hall–Kier alpha value is -2.30. The third-order valence-corrected chi connectivity index (χ3v) is 3.36. The van der Waals surface area contributed by atoms with Crippen molar-refractivity contribution < 1.29 is 14.7 Å². The van der Waals surface area contributed by atoms with E-state index < -0.39 is 5.97 Å². The van der Waals surface area contributed by atoms with Crippen LogP contribution in [0.5, 0.6) is 0 Å². The normalized spacial score (nSPS) is 12.3. The summed E-state index contributed by atoms with van der Waals surface area (Å²) < 4.78 is 0. The molecule has 0 radical (unpaired) electrons. The minimum absolute atomic E-state index is 0.0557. The molecule has 2 aromatic rings. The van der Waals surface area contributed by atoms with Gasteiger partial charge in [-0.05, 0) is 26.0 Å². The maximum Gasteiger partial charge on any atom is 0.305 e. The van der Waals surface area contributed by atoms with Crippen LogP contribution >= 0.6 is 0 Å². The molecule has 1 aromatic heterocycles. The van der Waals surface area contributed by atoms with E-state index in [0.717, 1.165) is 10.9 Å². The average Bonchev–Trinajstić information content (AvgIpc) is 2.82. The molecule has 0 bridgehead atoms. The fourth-order valence-electron chi connectivity index (χ4n) is 2.36. The number of H-pyrrole nitrogens is 1. The number of carboxylic acids is 1. The highest BCUT2D eigenvalue weighted by molar-refractivity contribution is 5.98. The van der Waals surface area contributed by atoms with Gasteiger partial charge in [-0.25, -0.2) is 0 Å². The van der Waals surface area contributed by atoms with Gasteiger partial charge in [0.25, 0.3) is 5.91 Å². The summed E-state index contributed by atoms with van der Waals surface area (Å²) in [5.41, 5.74) is 1.39. The summed E-state index contributed by atoms with van der Waals surface area (Å²) in [6.07, 6.45) is -0.0557. The first-order valence-corrected chi connectivity index (χ1v) is 6.63. The number of fused-ring (bicyclic) bond motifs is 1. The van der Waals surface area contributed by atoms with Gasteiger partial charge in [0.05, 0.1) is 6.42 Å². The third-order valence-electron chi connectivity index (χ3n) is 3.36. The first-order chi connectivity index (χ1) is 9.52. The van der Waals surface area contributed by atoms with Crippen molar-refractivity contribution in [3.63, 3.8) is 0 Å². The quantitative estimate of drug-likeness (QED) is 0.879. The van der Waals surface area contributed by atoms with E-state index in [1.165, 1.54) is 0 Å². The lowest BCUT2D eigenvalue weighted by molar-refractivity contribution is -0.138. The van der Waals surface area contributed by atoms with Crippen molar-refractivity contribution in [1.29, 1.82) is 0 Å². The van der Waals surface area contributed by atoms with Gasteiger partial charge in [-0.1, -0.05) is 18.2 Å². The molecule has 0 saturated carbocycles. The molecule has 0 aliphatic carbocycles. The molecule has 0 fully saturated rings. The summed E-state index contributed by atoms with van der Waals surface area (Å²) in [5, 5.41) is 9.82. The van der Waals surface area contributed by atoms with Crippen molar-refractivity contribution in [3.8, 4) is 0 Å². The van der Waals surface area contributed by atoms with Gasteiger partial charge >= 0.3 is 5.97 Å². The molecule has 0 saturated heterocycles. The smallest absolute Gasteiger partial charge is 0.305 e. The van der Waals surface area contributed by atoms with Crippen LogP contribution in [0.2, 0.25) is 0 Å². The maximum absolute atomic E-state index is 12.5. The molecule has 106 valence electrons. The lowest BCUT2D eigenvalue weighted by Gasteiger charge is -2.26. The first kappa shape index (κ1) is 14.1. The summed E-state index contributed by atoms with van der Waals surface area (Å²) in [4.78, 5) is 27.9. The van der Waals surface area contributed by atoms with Gasteiger partial charge in [-0.3, -0.25) is 9.59 Å². The molecule has 20 heavy (non-hydrogen) atoms. The molecular formula is C15H18N2O3. The highest BCUT2D eigenvalue weighted by Crippen LogP contribution is 2.17. The SMILES string of the molecule is CCN(C(=O)c1cc2ccccc2[nH]1)C(C)CC(=O)O. The maximum atomic E-state index is 12.5. The summed E-state index contributed by atoms with van der Waals surface area (Å²) >= 11 is 0. The largest absolute Gasteiger partial charge is 0.481 e. The van der Waals surface area contributed by atoms with E-state index in [4.69, 9.17) is 5.11 Å². The molecule has 1 unspecified atom stereocenters. The van der Waals surface area contributed by atoms with E-state index in [2.05, 4.69) is 4.98 Å². The van der Waals surface area contributed by atoms with Gasteiger partial charge in [0.2, 0.25) is 0 Å². The highest BCUT2D eigenvalue weighted by atomic mass is 16.4. The Bertz CT molecular complexity index is 600. The number of aromatic amines is 1. The second-order valence-corrected chi connectivity index (χ2v) is 4.81. The number of amides is 1. The Balaban J connectivity index is 2.25. The molecule has 1 atom stereocenters. The molecule has 1 aromatic carbocycles. The van der Waals surface area contributed by atoms with E-state index >= 15 is 0 Å². The number of aromatic nitrogens is 1. The van der Waals surface area contributed by atoms with Crippen LogP contribution in [0.1, 0.15) is 30.8 Å². The zero-order valence-electron chi connectivity index (χ0n) is 11.6. The van der Waals surface area contributed by atoms with Crippen molar-refractivity contribution in [2.45, 2.75) is 26.3 Å². The molecule has 0 spiro atoms.